The minimum Gasteiger partial charge on any atom is -0.307 e. The summed E-state index contributed by atoms with van der Waals surface area (Å²) in [6.45, 7) is 6.93. The smallest absolute Gasteiger partial charge is 0.0991 e. The van der Waals surface area contributed by atoms with E-state index in [0.29, 0.717) is 12.1 Å². The molecular formula is C17H24N2. The Balaban J connectivity index is 1.99. The molecule has 0 heterocycles. The Morgan fingerprint density at radius 2 is 1.89 bits per heavy atom. The van der Waals surface area contributed by atoms with Gasteiger partial charge in [-0.1, -0.05) is 32.4 Å². The SMILES string of the molecule is CC1CCC(C)C(NC(C)c2ccc(C#N)cc2)C1. The predicted molar refractivity (Wildman–Crippen MR) is 78.7 cm³/mol. The maximum absolute atomic E-state index is 8.83. The molecule has 0 aliphatic heterocycles. The number of nitrogens with one attached hydrogen (secondary N) is 1. The highest BCUT2D eigenvalue weighted by atomic mass is 15.0. The predicted octanol–water partition coefficient (Wildman–Crippen LogP) is 4.03. The van der Waals surface area contributed by atoms with Gasteiger partial charge in [0.1, 0.15) is 0 Å². The molecule has 2 heteroatoms. The summed E-state index contributed by atoms with van der Waals surface area (Å²) >= 11 is 0. The Hall–Kier alpha value is -1.33. The molecule has 4 atom stereocenters. The third-order valence-electron chi connectivity index (χ3n) is 4.46. The lowest BCUT2D eigenvalue weighted by Gasteiger charge is -2.35. The fraction of sp³-hybridized carbons (Fsp3) is 0.588. The summed E-state index contributed by atoms with van der Waals surface area (Å²) in [5.41, 5.74) is 2.00. The van der Waals surface area contributed by atoms with Crippen LogP contribution in [0.4, 0.5) is 0 Å². The van der Waals surface area contributed by atoms with Gasteiger partial charge in [0.05, 0.1) is 11.6 Å². The number of hydrogen-bond donors (Lipinski definition) is 1. The second kappa shape index (κ2) is 6.21. The zero-order valence-electron chi connectivity index (χ0n) is 12.2. The first-order valence-corrected chi connectivity index (χ1v) is 7.36. The summed E-state index contributed by atoms with van der Waals surface area (Å²) in [5.74, 6) is 1.60. The van der Waals surface area contributed by atoms with Crippen molar-refractivity contribution in [1.29, 1.82) is 5.26 Å². The van der Waals surface area contributed by atoms with Gasteiger partial charge < -0.3 is 5.32 Å². The topological polar surface area (TPSA) is 35.8 Å². The first-order chi connectivity index (χ1) is 9.10. The molecule has 0 saturated heterocycles. The van der Waals surface area contributed by atoms with E-state index in [1.54, 1.807) is 0 Å². The van der Waals surface area contributed by atoms with Crippen LogP contribution in [0.1, 0.15) is 57.2 Å². The van der Waals surface area contributed by atoms with Crippen LogP contribution in [0.5, 0.6) is 0 Å². The van der Waals surface area contributed by atoms with Gasteiger partial charge in [-0.05, 0) is 49.3 Å². The van der Waals surface area contributed by atoms with Crippen molar-refractivity contribution in [2.45, 2.75) is 52.1 Å². The molecule has 1 fully saturated rings. The van der Waals surface area contributed by atoms with Gasteiger partial charge in [-0.15, -0.1) is 0 Å². The molecule has 0 aromatic heterocycles. The number of rotatable bonds is 3. The first-order valence-electron chi connectivity index (χ1n) is 7.36. The number of hydrogen-bond acceptors (Lipinski definition) is 2. The van der Waals surface area contributed by atoms with Crippen molar-refractivity contribution < 1.29 is 0 Å². The molecule has 1 aromatic carbocycles. The molecular weight excluding hydrogens is 232 g/mol. The molecule has 0 bridgehead atoms. The lowest BCUT2D eigenvalue weighted by molar-refractivity contribution is 0.216. The second-order valence-corrected chi connectivity index (χ2v) is 6.12. The maximum Gasteiger partial charge on any atom is 0.0991 e. The van der Waals surface area contributed by atoms with Gasteiger partial charge in [-0.2, -0.15) is 5.26 Å². The minimum absolute atomic E-state index is 0.352. The number of nitrogens with zero attached hydrogens (tertiary/aromatic N) is 1. The third kappa shape index (κ3) is 3.58. The highest BCUT2D eigenvalue weighted by Gasteiger charge is 2.26. The van der Waals surface area contributed by atoms with Gasteiger partial charge in [-0.25, -0.2) is 0 Å². The van der Waals surface area contributed by atoms with Crippen molar-refractivity contribution in [3.05, 3.63) is 35.4 Å². The first kappa shape index (κ1) is 14.1. The van der Waals surface area contributed by atoms with E-state index >= 15 is 0 Å². The summed E-state index contributed by atoms with van der Waals surface area (Å²) in [6, 6.07) is 11.1. The van der Waals surface area contributed by atoms with E-state index in [4.69, 9.17) is 5.26 Å². The lowest BCUT2D eigenvalue weighted by atomic mass is 9.79. The Labute approximate surface area is 116 Å². The van der Waals surface area contributed by atoms with Crippen molar-refractivity contribution in [3.8, 4) is 6.07 Å². The van der Waals surface area contributed by atoms with Gasteiger partial charge in [0.2, 0.25) is 0 Å². The molecule has 2 nitrogen and oxygen atoms in total. The standard InChI is InChI=1S/C17H24N2/c1-12-4-5-13(2)17(10-12)19-14(3)16-8-6-15(11-18)7-9-16/h6-9,12-14,17,19H,4-5,10H2,1-3H3. The van der Waals surface area contributed by atoms with Crippen LogP contribution in [0.25, 0.3) is 0 Å². The molecule has 0 amide bonds. The molecule has 1 aliphatic rings. The summed E-state index contributed by atoms with van der Waals surface area (Å²) < 4.78 is 0. The van der Waals surface area contributed by atoms with Gasteiger partial charge in [0.25, 0.3) is 0 Å². The van der Waals surface area contributed by atoms with Crippen LogP contribution in [0, 0.1) is 23.2 Å². The molecule has 102 valence electrons. The van der Waals surface area contributed by atoms with Crippen LogP contribution in [-0.2, 0) is 0 Å². The molecule has 1 N–H and O–H groups in total. The highest BCUT2D eigenvalue weighted by molar-refractivity contribution is 5.32. The zero-order valence-corrected chi connectivity index (χ0v) is 12.2. The largest absolute Gasteiger partial charge is 0.307 e. The lowest BCUT2D eigenvalue weighted by Crippen LogP contribution is -2.40. The van der Waals surface area contributed by atoms with Gasteiger partial charge >= 0.3 is 0 Å². The van der Waals surface area contributed by atoms with Crippen molar-refractivity contribution in [3.63, 3.8) is 0 Å². The maximum atomic E-state index is 8.83. The van der Waals surface area contributed by atoms with Crippen LogP contribution < -0.4 is 5.32 Å². The van der Waals surface area contributed by atoms with Gasteiger partial charge in [0, 0.05) is 12.1 Å². The Morgan fingerprint density at radius 1 is 1.21 bits per heavy atom. The van der Waals surface area contributed by atoms with E-state index < -0.39 is 0 Å². The van der Waals surface area contributed by atoms with E-state index in [0.717, 1.165) is 17.4 Å². The van der Waals surface area contributed by atoms with E-state index in [1.165, 1.54) is 24.8 Å². The van der Waals surface area contributed by atoms with E-state index in [-0.39, 0.29) is 0 Å². The van der Waals surface area contributed by atoms with Gasteiger partial charge in [-0.3, -0.25) is 0 Å². The third-order valence-corrected chi connectivity index (χ3v) is 4.46. The van der Waals surface area contributed by atoms with E-state index in [1.807, 2.05) is 12.1 Å². The van der Waals surface area contributed by atoms with Crippen molar-refractivity contribution in [2.24, 2.45) is 11.8 Å². The summed E-state index contributed by atoms with van der Waals surface area (Å²) in [5, 5.41) is 12.6. The van der Waals surface area contributed by atoms with Crippen molar-refractivity contribution in [1.82, 2.24) is 5.32 Å². The second-order valence-electron chi connectivity index (χ2n) is 6.12. The normalized spacial score (nSPS) is 28.6. The fourth-order valence-electron chi connectivity index (χ4n) is 3.03. The molecule has 4 unspecified atom stereocenters. The number of nitriles is 1. The molecule has 1 saturated carbocycles. The fourth-order valence-corrected chi connectivity index (χ4v) is 3.03. The highest BCUT2D eigenvalue weighted by Crippen LogP contribution is 2.30. The quantitative estimate of drug-likeness (QED) is 0.886. The summed E-state index contributed by atoms with van der Waals surface area (Å²) in [7, 11) is 0. The van der Waals surface area contributed by atoms with Crippen molar-refractivity contribution >= 4 is 0 Å². The average molecular weight is 256 g/mol. The average Bonchev–Trinajstić information content (AvgIpc) is 2.43. The molecule has 1 aromatic rings. The van der Waals surface area contributed by atoms with Crippen LogP contribution in [0.15, 0.2) is 24.3 Å². The zero-order chi connectivity index (χ0) is 13.8. The Bertz CT molecular complexity index is 443. The van der Waals surface area contributed by atoms with Gasteiger partial charge in [0.15, 0.2) is 0 Å². The molecule has 0 spiro atoms. The van der Waals surface area contributed by atoms with E-state index in [2.05, 4.69) is 44.3 Å². The van der Waals surface area contributed by atoms with E-state index in [9.17, 15) is 0 Å². The van der Waals surface area contributed by atoms with Crippen LogP contribution >= 0.6 is 0 Å². The number of benzene rings is 1. The van der Waals surface area contributed by atoms with Crippen LogP contribution in [0.3, 0.4) is 0 Å². The van der Waals surface area contributed by atoms with Crippen LogP contribution in [-0.4, -0.2) is 6.04 Å². The molecule has 19 heavy (non-hydrogen) atoms. The minimum atomic E-state index is 0.352. The Kier molecular flexibility index (Phi) is 4.61. The van der Waals surface area contributed by atoms with Crippen molar-refractivity contribution in [2.75, 3.05) is 0 Å². The summed E-state index contributed by atoms with van der Waals surface area (Å²) in [6.07, 6.45) is 3.98. The van der Waals surface area contributed by atoms with Crippen LogP contribution in [0.2, 0.25) is 0 Å². The molecule has 1 aliphatic carbocycles. The Morgan fingerprint density at radius 3 is 2.53 bits per heavy atom. The molecule has 0 radical (unpaired) electrons. The summed E-state index contributed by atoms with van der Waals surface area (Å²) in [4.78, 5) is 0. The monoisotopic (exact) mass is 256 g/mol. The molecule has 2 rings (SSSR count).